The molecule has 0 aliphatic heterocycles. The van der Waals surface area contributed by atoms with Crippen molar-refractivity contribution in [1.29, 1.82) is 0 Å². The minimum Gasteiger partial charge on any atom is -0.345 e. The molecular weight excluding hydrogens is 138 g/mol. The van der Waals surface area contributed by atoms with Crippen molar-refractivity contribution < 1.29 is 0 Å². The van der Waals surface area contributed by atoms with Crippen molar-refractivity contribution in [3.63, 3.8) is 0 Å². The van der Waals surface area contributed by atoms with Crippen molar-refractivity contribution in [2.75, 3.05) is 7.05 Å². The third kappa shape index (κ3) is 2.37. The number of H-pyrrole nitrogens is 1. The molecule has 0 aliphatic rings. The summed E-state index contributed by atoms with van der Waals surface area (Å²) in [6.07, 6.45) is 7.32. The van der Waals surface area contributed by atoms with Gasteiger partial charge in [-0.1, -0.05) is 0 Å². The number of nitrogens with zero attached hydrogens (tertiary/aromatic N) is 2. The standard InChI is InChI=1S/C8H11N3/c1-7(9-2)3-4-8-10-5-6-11-8/h3-6H,1-2H3,(H,10,11)/b4-3-,9-7-. The van der Waals surface area contributed by atoms with Crippen LogP contribution in [0.3, 0.4) is 0 Å². The van der Waals surface area contributed by atoms with Crippen LogP contribution in [0.15, 0.2) is 23.5 Å². The zero-order valence-electron chi connectivity index (χ0n) is 6.70. The third-order valence-electron chi connectivity index (χ3n) is 1.35. The molecule has 1 aromatic rings. The summed E-state index contributed by atoms with van der Waals surface area (Å²) in [4.78, 5) is 11.0. The van der Waals surface area contributed by atoms with Gasteiger partial charge in [0.15, 0.2) is 0 Å². The van der Waals surface area contributed by atoms with E-state index >= 15 is 0 Å². The molecule has 1 N–H and O–H groups in total. The number of aromatic amines is 1. The molecule has 11 heavy (non-hydrogen) atoms. The minimum absolute atomic E-state index is 0.855. The lowest BCUT2D eigenvalue weighted by atomic mass is 10.3. The van der Waals surface area contributed by atoms with Gasteiger partial charge in [0.05, 0.1) is 0 Å². The first-order valence-corrected chi connectivity index (χ1v) is 3.44. The average Bonchev–Trinajstić information content (AvgIpc) is 2.52. The van der Waals surface area contributed by atoms with Crippen LogP contribution < -0.4 is 0 Å². The molecule has 0 bridgehead atoms. The minimum atomic E-state index is 0.855. The normalized spacial score (nSPS) is 12.7. The monoisotopic (exact) mass is 149 g/mol. The highest BCUT2D eigenvalue weighted by Gasteiger charge is 1.85. The molecule has 1 heterocycles. The first-order chi connectivity index (χ1) is 5.33. The van der Waals surface area contributed by atoms with Gasteiger partial charge < -0.3 is 4.98 Å². The molecule has 1 aromatic heterocycles. The van der Waals surface area contributed by atoms with E-state index in [2.05, 4.69) is 15.0 Å². The zero-order valence-corrected chi connectivity index (χ0v) is 6.70. The SMILES string of the molecule is C/N=C(C)\C=C/c1ncc[nH]1. The molecular formula is C8H11N3. The maximum Gasteiger partial charge on any atom is 0.129 e. The summed E-state index contributed by atoms with van der Waals surface area (Å²) in [5.74, 6) is 0.855. The zero-order chi connectivity index (χ0) is 8.10. The smallest absolute Gasteiger partial charge is 0.129 e. The van der Waals surface area contributed by atoms with E-state index in [1.165, 1.54) is 0 Å². The lowest BCUT2D eigenvalue weighted by Gasteiger charge is -1.85. The first kappa shape index (κ1) is 7.72. The highest BCUT2D eigenvalue weighted by molar-refractivity contribution is 5.95. The second-order valence-electron chi connectivity index (χ2n) is 2.17. The van der Waals surface area contributed by atoms with Gasteiger partial charge in [-0.05, 0) is 19.1 Å². The summed E-state index contributed by atoms with van der Waals surface area (Å²) >= 11 is 0. The van der Waals surface area contributed by atoms with Crippen molar-refractivity contribution in [2.24, 2.45) is 4.99 Å². The van der Waals surface area contributed by atoms with E-state index in [9.17, 15) is 0 Å². The predicted molar refractivity (Wildman–Crippen MR) is 46.7 cm³/mol. The van der Waals surface area contributed by atoms with Crippen LogP contribution in [-0.2, 0) is 0 Å². The highest BCUT2D eigenvalue weighted by atomic mass is 14.9. The largest absolute Gasteiger partial charge is 0.345 e. The number of allylic oxidation sites excluding steroid dienone is 1. The Morgan fingerprint density at radius 2 is 2.55 bits per heavy atom. The summed E-state index contributed by atoms with van der Waals surface area (Å²) in [5.41, 5.74) is 0.987. The molecule has 3 nitrogen and oxygen atoms in total. The van der Waals surface area contributed by atoms with Gasteiger partial charge in [0.25, 0.3) is 0 Å². The second-order valence-corrected chi connectivity index (χ2v) is 2.17. The molecule has 0 saturated heterocycles. The van der Waals surface area contributed by atoms with Crippen LogP contribution in [0.5, 0.6) is 0 Å². The van der Waals surface area contributed by atoms with Crippen LogP contribution in [0.1, 0.15) is 12.7 Å². The molecule has 0 radical (unpaired) electrons. The quantitative estimate of drug-likeness (QED) is 0.636. The number of rotatable bonds is 2. The van der Waals surface area contributed by atoms with Gasteiger partial charge in [-0.25, -0.2) is 4.98 Å². The number of imidazole rings is 1. The molecule has 0 amide bonds. The van der Waals surface area contributed by atoms with Gasteiger partial charge >= 0.3 is 0 Å². The fourth-order valence-corrected chi connectivity index (χ4v) is 0.643. The molecule has 0 aromatic carbocycles. The van der Waals surface area contributed by atoms with Gasteiger partial charge in [-0.3, -0.25) is 4.99 Å². The number of hydrogen-bond donors (Lipinski definition) is 1. The fraction of sp³-hybridized carbons (Fsp3) is 0.250. The second kappa shape index (κ2) is 3.71. The van der Waals surface area contributed by atoms with Crippen LogP contribution in [0.25, 0.3) is 6.08 Å². The summed E-state index contributed by atoms with van der Waals surface area (Å²) < 4.78 is 0. The number of hydrogen-bond acceptors (Lipinski definition) is 2. The molecule has 0 spiro atoms. The van der Waals surface area contributed by atoms with Gasteiger partial charge in [0.1, 0.15) is 5.82 Å². The maximum atomic E-state index is 4.03. The topological polar surface area (TPSA) is 41.0 Å². The molecule has 0 atom stereocenters. The Labute approximate surface area is 65.9 Å². The predicted octanol–water partition coefficient (Wildman–Crippen LogP) is 1.51. The molecule has 1 rings (SSSR count). The van der Waals surface area contributed by atoms with Crippen molar-refractivity contribution in [3.05, 3.63) is 24.3 Å². The molecule has 0 fully saturated rings. The number of aromatic nitrogens is 2. The van der Waals surface area contributed by atoms with Crippen LogP contribution in [0.4, 0.5) is 0 Å². The summed E-state index contributed by atoms with van der Waals surface area (Å²) in [5, 5.41) is 0. The summed E-state index contributed by atoms with van der Waals surface area (Å²) in [7, 11) is 1.77. The average molecular weight is 149 g/mol. The summed E-state index contributed by atoms with van der Waals surface area (Å²) in [6.45, 7) is 1.94. The fourth-order valence-electron chi connectivity index (χ4n) is 0.643. The Bertz CT molecular complexity index is 257. The molecule has 3 heteroatoms. The maximum absolute atomic E-state index is 4.03. The van der Waals surface area contributed by atoms with E-state index in [0.29, 0.717) is 0 Å². The van der Waals surface area contributed by atoms with Crippen LogP contribution >= 0.6 is 0 Å². The Balaban J connectivity index is 2.63. The van der Waals surface area contributed by atoms with E-state index in [0.717, 1.165) is 11.5 Å². The Morgan fingerprint density at radius 3 is 3.09 bits per heavy atom. The van der Waals surface area contributed by atoms with E-state index in [1.54, 1.807) is 19.4 Å². The molecule has 0 saturated carbocycles. The van der Waals surface area contributed by atoms with Gasteiger partial charge in [-0.2, -0.15) is 0 Å². The summed E-state index contributed by atoms with van der Waals surface area (Å²) in [6, 6.07) is 0. The van der Waals surface area contributed by atoms with Crippen molar-refractivity contribution >= 4 is 11.8 Å². The van der Waals surface area contributed by atoms with Gasteiger partial charge in [0, 0.05) is 25.2 Å². The van der Waals surface area contributed by atoms with Gasteiger partial charge in [-0.15, -0.1) is 0 Å². The van der Waals surface area contributed by atoms with Crippen LogP contribution in [0.2, 0.25) is 0 Å². The van der Waals surface area contributed by atoms with E-state index in [4.69, 9.17) is 0 Å². The first-order valence-electron chi connectivity index (χ1n) is 3.44. The molecule has 0 unspecified atom stereocenters. The number of aliphatic imine (C=N–C) groups is 1. The van der Waals surface area contributed by atoms with E-state index in [-0.39, 0.29) is 0 Å². The lowest BCUT2D eigenvalue weighted by molar-refractivity contribution is 1.26. The Hall–Kier alpha value is -1.38. The Kier molecular flexibility index (Phi) is 2.60. The van der Waals surface area contributed by atoms with Gasteiger partial charge in [0.2, 0.25) is 0 Å². The lowest BCUT2D eigenvalue weighted by Crippen LogP contribution is -1.82. The molecule has 0 aliphatic carbocycles. The van der Waals surface area contributed by atoms with E-state index < -0.39 is 0 Å². The highest BCUT2D eigenvalue weighted by Crippen LogP contribution is 1.92. The Morgan fingerprint density at radius 1 is 1.73 bits per heavy atom. The van der Waals surface area contributed by atoms with Crippen LogP contribution in [-0.4, -0.2) is 22.7 Å². The number of nitrogens with one attached hydrogen (secondary N) is 1. The van der Waals surface area contributed by atoms with Crippen LogP contribution in [0, 0.1) is 0 Å². The van der Waals surface area contributed by atoms with E-state index in [1.807, 2.05) is 19.1 Å². The van der Waals surface area contributed by atoms with Crippen molar-refractivity contribution in [2.45, 2.75) is 6.92 Å². The molecule has 58 valence electrons. The third-order valence-corrected chi connectivity index (χ3v) is 1.35. The van der Waals surface area contributed by atoms with Crippen molar-refractivity contribution in [3.8, 4) is 0 Å². The van der Waals surface area contributed by atoms with Crippen molar-refractivity contribution in [1.82, 2.24) is 9.97 Å².